The molecule has 0 bridgehead atoms. The molecule has 0 spiro atoms. The fraction of sp³-hybridized carbons (Fsp3) is 0.278. The number of nitrogens with one attached hydrogen (secondary N) is 1. The van der Waals surface area contributed by atoms with Crippen molar-refractivity contribution in [3.8, 4) is 0 Å². The number of rotatable bonds is 6. The smallest absolute Gasteiger partial charge is 0.247 e. The average molecular weight is 413 g/mol. The Morgan fingerprint density at radius 1 is 1.23 bits per heavy atom. The lowest BCUT2D eigenvalue weighted by molar-refractivity contribution is -0.116. The molecule has 2 aromatic rings. The van der Waals surface area contributed by atoms with Crippen molar-refractivity contribution in [1.82, 2.24) is 0 Å². The van der Waals surface area contributed by atoms with Crippen molar-refractivity contribution in [1.29, 1.82) is 0 Å². The van der Waals surface area contributed by atoms with E-state index < -0.39 is 22.0 Å². The molecule has 0 fully saturated rings. The van der Waals surface area contributed by atoms with Crippen LogP contribution in [0.4, 0.5) is 11.4 Å². The Morgan fingerprint density at radius 2 is 1.92 bits per heavy atom. The van der Waals surface area contributed by atoms with E-state index in [1.54, 1.807) is 49.9 Å². The Bertz CT molecular complexity index is 916. The number of aryl methyl sites for hydroxylation is 1. The van der Waals surface area contributed by atoms with Crippen molar-refractivity contribution < 1.29 is 13.2 Å². The molecule has 0 saturated heterocycles. The highest BCUT2D eigenvalue weighted by molar-refractivity contribution is 7.98. The zero-order chi connectivity index (χ0) is 19.5. The SMILES string of the molecule is CSc1cccc(NC(=O)[C@@H](C)N(c2cc(Cl)ccc2C)S(C)(=O)=O)c1. The lowest BCUT2D eigenvalue weighted by atomic mass is 10.1. The summed E-state index contributed by atoms with van der Waals surface area (Å²) in [5, 5.41) is 3.18. The summed E-state index contributed by atoms with van der Waals surface area (Å²) in [5.41, 5.74) is 1.72. The van der Waals surface area contributed by atoms with Crippen LogP contribution in [0.3, 0.4) is 0 Å². The summed E-state index contributed by atoms with van der Waals surface area (Å²) in [4.78, 5) is 13.7. The summed E-state index contributed by atoms with van der Waals surface area (Å²) in [6, 6.07) is 11.4. The van der Waals surface area contributed by atoms with Crippen LogP contribution in [-0.4, -0.2) is 32.9 Å². The van der Waals surface area contributed by atoms with Crippen molar-refractivity contribution in [2.24, 2.45) is 0 Å². The van der Waals surface area contributed by atoms with Crippen molar-refractivity contribution >= 4 is 50.7 Å². The van der Waals surface area contributed by atoms with Gasteiger partial charge in [0.2, 0.25) is 15.9 Å². The predicted molar refractivity (Wildman–Crippen MR) is 110 cm³/mol. The van der Waals surface area contributed by atoms with Crippen LogP contribution in [0.2, 0.25) is 5.02 Å². The maximum atomic E-state index is 12.7. The highest BCUT2D eigenvalue weighted by Crippen LogP contribution is 2.28. The second-order valence-electron chi connectivity index (χ2n) is 5.89. The standard InChI is InChI=1S/C18H21ClN2O3S2/c1-12-8-9-14(19)10-17(12)21(26(4,23)24)13(2)18(22)20-15-6-5-7-16(11-15)25-3/h5-11,13H,1-4H3,(H,20,22)/t13-/m1/s1. The minimum absolute atomic E-state index is 0.389. The molecule has 0 radical (unpaired) electrons. The molecular formula is C18H21ClN2O3S2. The van der Waals surface area contributed by atoms with Gasteiger partial charge >= 0.3 is 0 Å². The van der Waals surface area contributed by atoms with Gasteiger partial charge in [-0.05, 0) is 56.0 Å². The number of benzene rings is 2. The first-order chi connectivity index (χ1) is 12.1. The molecule has 8 heteroatoms. The van der Waals surface area contributed by atoms with Gasteiger partial charge in [0.05, 0.1) is 11.9 Å². The second kappa shape index (κ2) is 8.33. The Labute approximate surface area is 163 Å². The fourth-order valence-electron chi connectivity index (χ4n) is 2.55. The highest BCUT2D eigenvalue weighted by Gasteiger charge is 2.30. The van der Waals surface area contributed by atoms with Crippen molar-refractivity contribution in [3.63, 3.8) is 0 Å². The normalized spacial score (nSPS) is 12.5. The predicted octanol–water partition coefficient (Wildman–Crippen LogP) is 4.16. The van der Waals surface area contributed by atoms with Crippen molar-refractivity contribution in [2.75, 3.05) is 22.1 Å². The van der Waals surface area contributed by atoms with Crippen LogP contribution < -0.4 is 9.62 Å². The molecule has 140 valence electrons. The first kappa shape index (κ1) is 20.6. The first-order valence-electron chi connectivity index (χ1n) is 7.84. The Hall–Kier alpha value is -1.70. The second-order valence-corrected chi connectivity index (χ2v) is 9.06. The number of hydrogen-bond acceptors (Lipinski definition) is 4. The van der Waals surface area contributed by atoms with Crippen LogP contribution in [0, 0.1) is 6.92 Å². The number of nitrogens with zero attached hydrogens (tertiary/aromatic N) is 1. The van der Waals surface area contributed by atoms with E-state index in [0.29, 0.717) is 22.0 Å². The first-order valence-corrected chi connectivity index (χ1v) is 11.3. The van der Waals surface area contributed by atoms with Crippen LogP contribution in [-0.2, 0) is 14.8 Å². The van der Waals surface area contributed by atoms with E-state index in [-0.39, 0.29) is 0 Å². The van der Waals surface area contributed by atoms with E-state index in [2.05, 4.69) is 5.32 Å². The molecule has 2 aromatic carbocycles. The maximum absolute atomic E-state index is 12.7. The third-order valence-electron chi connectivity index (χ3n) is 3.83. The zero-order valence-electron chi connectivity index (χ0n) is 15.0. The largest absolute Gasteiger partial charge is 0.324 e. The van der Waals surface area contributed by atoms with Crippen molar-refractivity contribution in [2.45, 2.75) is 24.8 Å². The van der Waals surface area contributed by atoms with Gasteiger partial charge in [-0.15, -0.1) is 11.8 Å². The molecular weight excluding hydrogens is 392 g/mol. The summed E-state index contributed by atoms with van der Waals surface area (Å²) in [7, 11) is -3.70. The number of carbonyl (C=O) groups is 1. The molecule has 1 N–H and O–H groups in total. The number of sulfonamides is 1. The van der Waals surface area contributed by atoms with Gasteiger partial charge in [0, 0.05) is 15.6 Å². The summed E-state index contributed by atoms with van der Waals surface area (Å²) < 4.78 is 25.9. The number of halogens is 1. The third kappa shape index (κ3) is 4.93. The number of carbonyl (C=O) groups excluding carboxylic acids is 1. The van der Waals surface area contributed by atoms with E-state index in [1.807, 2.05) is 24.5 Å². The summed E-state index contributed by atoms with van der Waals surface area (Å²) in [6.45, 7) is 3.32. The van der Waals surface area contributed by atoms with Gasteiger partial charge in [-0.1, -0.05) is 23.7 Å². The number of anilines is 2. The molecule has 5 nitrogen and oxygen atoms in total. The fourth-order valence-corrected chi connectivity index (χ4v) is 4.40. The van der Waals surface area contributed by atoms with Crippen LogP contribution in [0.15, 0.2) is 47.4 Å². The van der Waals surface area contributed by atoms with Gasteiger partial charge in [0.15, 0.2) is 0 Å². The highest BCUT2D eigenvalue weighted by atomic mass is 35.5. The van der Waals surface area contributed by atoms with Crippen LogP contribution in [0.1, 0.15) is 12.5 Å². The lowest BCUT2D eigenvalue weighted by Gasteiger charge is -2.29. The number of amides is 1. The van der Waals surface area contributed by atoms with E-state index in [9.17, 15) is 13.2 Å². The Balaban J connectivity index is 2.36. The van der Waals surface area contributed by atoms with Crippen LogP contribution in [0.25, 0.3) is 0 Å². The summed E-state index contributed by atoms with van der Waals surface area (Å²) in [6.07, 6.45) is 3.02. The average Bonchev–Trinajstić information content (AvgIpc) is 2.57. The molecule has 0 saturated carbocycles. The Kier molecular flexibility index (Phi) is 6.60. The van der Waals surface area contributed by atoms with E-state index in [4.69, 9.17) is 11.6 Å². The topological polar surface area (TPSA) is 66.5 Å². The lowest BCUT2D eigenvalue weighted by Crippen LogP contribution is -2.45. The summed E-state index contributed by atoms with van der Waals surface area (Å²) in [5.74, 6) is -0.423. The van der Waals surface area contributed by atoms with Gasteiger partial charge in [-0.2, -0.15) is 0 Å². The van der Waals surface area contributed by atoms with Gasteiger partial charge in [0.1, 0.15) is 6.04 Å². The molecule has 0 aliphatic rings. The third-order valence-corrected chi connectivity index (χ3v) is 6.02. The number of thioether (sulfide) groups is 1. The minimum Gasteiger partial charge on any atom is -0.324 e. The quantitative estimate of drug-likeness (QED) is 0.723. The van der Waals surface area contributed by atoms with Gasteiger partial charge in [-0.25, -0.2) is 8.42 Å². The van der Waals surface area contributed by atoms with Gasteiger partial charge < -0.3 is 5.32 Å². The van der Waals surface area contributed by atoms with E-state index in [0.717, 1.165) is 15.5 Å². The zero-order valence-corrected chi connectivity index (χ0v) is 17.4. The molecule has 0 unspecified atom stereocenters. The summed E-state index contributed by atoms with van der Waals surface area (Å²) >= 11 is 7.59. The van der Waals surface area contributed by atoms with Gasteiger partial charge in [0.25, 0.3) is 0 Å². The van der Waals surface area contributed by atoms with E-state index >= 15 is 0 Å². The molecule has 0 aliphatic heterocycles. The maximum Gasteiger partial charge on any atom is 0.247 e. The van der Waals surface area contributed by atoms with Crippen molar-refractivity contribution in [3.05, 3.63) is 53.1 Å². The number of hydrogen-bond donors (Lipinski definition) is 1. The molecule has 0 aliphatic carbocycles. The van der Waals surface area contributed by atoms with E-state index in [1.165, 1.54) is 0 Å². The molecule has 2 rings (SSSR count). The monoisotopic (exact) mass is 412 g/mol. The Morgan fingerprint density at radius 3 is 2.54 bits per heavy atom. The van der Waals surface area contributed by atoms with Gasteiger partial charge in [-0.3, -0.25) is 9.10 Å². The van der Waals surface area contributed by atoms with Crippen LogP contribution in [0.5, 0.6) is 0 Å². The molecule has 0 aromatic heterocycles. The molecule has 1 amide bonds. The van der Waals surface area contributed by atoms with Crippen LogP contribution >= 0.6 is 23.4 Å². The molecule has 26 heavy (non-hydrogen) atoms. The molecule has 0 heterocycles. The minimum atomic E-state index is -3.70. The molecule has 1 atom stereocenters.